The Hall–Kier alpha value is -1.82. The van der Waals surface area contributed by atoms with Gasteiger partial charge in [0.2, 0.25) is 11.7 Å². The van der Waals surface area contributed by atoms with Gasteiger partial charge in [-0.25, -0.2) is 8.78 Å². The average Bonchev–Trinajstić information content (AvgIpc) is 2.64. The summed E-state index contributed by atoms with van der Waals surface area (Å²) >= 11 is 0. The van der Waals surface area contributed by atoms with Gasteiger partial charge in [0.1, 0.15) is 11.6 Å². The number of nitrogens with zero attached hydrogens (tertiary/aromatic N) is 2. The van der Waals surface area contributed by atoms with Gasteiger partial charge in [-0.2, -0.15) is 4.98 Å². The first-order valence-electron chi connectivity index (χ1n) is 4.62. The quantitative estimate of drug-likeness (QED) is 0.849. The number of aromatic nitrogens is 2. The molecule has 0 aliphatic carbocycles. The summed E-state index contributed by atoms with van der Waals surface area (Å²) in [6, 6.07) is 2.60. The lowest BCUT2D eigenvalue weighted by atomic mass is 10.2. The van der Waals surface area contributed by atoms with Crippen LogP contribution in [0.15, 0.2) is 22.7 Å². The first kappa shape index (κ1) is 10.7. The fraction of sp³-hybridized carbons (Fsp3) is 0.200. The van der Waals surface area contributed by atoms with Crippen LogP contribution in [0.2, 0.25) is 0 Å². The minimum absolute atomic E-state index is 0.116. The van der Waals surface area contributed by atoms with Gasteiger partial charge in [-0.15, -0.1) is 0 Å². The Kier molecular flexibility index (Phi) is 2.66. The molecule has 1 heterocycles. The summed E-state index contributed by atoms with van der Waals surface area (Å²) < 4.78 is 30.7. The zero-order valence-corrected chi connectivity index (χ0v) is 8.45. The fourth-order valence-electron chi connectivity index (χ4n) is 1.22. The van der Waals surface area contributed by atoms with Crippen LogP contribution in [0, 0.1) is 11.6 Å². The Morgan fingerprint density at radius 1 is 1.25 bits per heavy atom. The van der Waals surface area contributed by atoms with Crippen LogP contribution >= 0.6 is 0 Å². The summed E-state index contributed by atoms with van der Waals surface area (Å²) in [5, 5.41) is 3.59. The van der Waals surface area contributed by atoms with E-state index in [-0.39, 0.29) is 17.3 Å². The van der Waals surface area contributed by atoms with Crippen molar-refractivity contribution in [2.45, 2.75) is 13.0 Å². The Bertz CT molecular complexity index is 490. The van der Waals surface area contributed by atoms with Gasteiger partial charge in [0.05, 0.1) is 6.04 Å². The molecule has 0 bridgehead atoms. The van der Waals surface area contributed by atoms with Crippen molar-refractivity contribution in [3.05, 3.63) is 35.7 Å². The number of nitrogens with two attached hydrogens (primary N) is 1. The largest absolute Gasteiger partial charge is 0.337 e. The highest BCUT2D eigenvalue weighted by molar-refractivity contribution is 5.54. The van der Waals surface area contributed by atoms with Gasteiger partial charge >= 0.3 is 0 Å². The molecule has 1 aromatic heterocycles. The average molecular weight is 225 g/mol. The molecule has 2 aromatic rings. The molecule has 0 fully saturated rings. The van der Waals surface area contributed by atoms with Crippen LogP contribution in [0.5, 0.6) is 0 Å². The molecule has 6 heteroatoms. The van der Waals surface area contributed by atoms with Gasteiger partial charge in [-0.3, -0.25) is 0 Å². The predicted octanol–water partition coefficient (Wildman–Crippen LogP) is 2.03. The van der Waals surface area contributed by atoms with E-state index in [0.717, 1.165) is 18.2 Å². The maximum atomic E-state index is 12.9. The van der Waals surface area contributed by atoms with Crippen LogP contribution in [0.3, 0.4) is 0 Å². The van der Waals surface area contributed by atoms with Gasteiger partial charge in [0.15, 0.2) is 0 Å². The van der Waals surface area contributed by atoms with Gasteiger partial charge in [0, 0.05) is 11.6 Å². The molecule has 0 spiro atoms. The summed E-state index contributed by atoms with van der Waals surface area (Å²) in [5.41, 5.74) is 5.74. The summed E-state index contributed by atoms with van der Waals surface area (Å²) in [6.45, 7) is 1.67. The van der Waals surface area contributed by atoms with E-state index in [1.165, 1.54) is 0 Å². The molecule has 16 heavy (non-hydrogen) atoms. The van der Waals surface area contributed by atoms with Gasteiger partial charge in [0.25, 0.3) is 0 Å². The van der Waals surface area contributed by atoms with Crippen LogP contribution in [0.4, 0.5) is 8.78 Å². The zero-order valence-electron chi connectivity index (χ0n) is 8.45. The molecule has 2 rings (SSSR count). The smallest absolute Gasteiger partial charge is 0.243 e. The van der Waals surface area contributed by atoms with Crippen molar-refractivity contribution >= 4 is 0 Å². The van der Waals surface area contributed by atoms with Crippen LogP contribution in [-0.4, -0.2) is 10.1 Å². The molecule has 84 valence electrons. The number of halogens is 2. The molecule has 0 amide bonds. The summed E-state index contributed by atoms with van der Waals surface area (Å²) in [6.07, 6.45) is 0. The van der Waals surface area contributed by atoms with Gasteiger partial charge < -0.3 is 10.3 Å². The molecular weight excluding hydrogens is 216 g/mol. The Labute approximate surface area is 90.1 Å². The van der Waals surface area contributed by atoms with Crippen LogP contribution < -0.4 is 5.73 Å². The maximum absolute atomic E-state index is 12.9. The van der Waals surface area contributed by atoms with Crippen molar-refractivity contribution in [3.8, 4) is 11.4 Å². The molecule has 0 aliphatic heterocycles. The number of benzene rings is 1. The molecule has 0 unspecified atom stereocenters. The predicted molar refractivity (Wildman–Crippen MR) is 52.3 cm³/mol. The van der Waals surface area contributed by atoms with Crippen molar-refractivity contribution in [3.63, 3.8) is 0 Å². The molecule has 1 atom stereocenters. The van der Waals surface area contributed by atoms with Crippen molar-refractivity contribution in [1.29, 1.82) is 0 Å². The molecule has 1 aromatic carbocycles. The van der Waals surface area contributed by atoms with E-state index in [4.69, 9.17) is 10.3 Å². The SMILES string of the molecule is C[C@H](N)c1nc(-c2cc(F)cc(F)c2)no1. The van der Waals surface area contributed by atoms with E-state index in [1.807, 2.05) is 0 Å². The van der Waals surface area contributed by atoms with Crippen molar-refractivity contribution in [1.82, 2.24) is 10.1 Å². The molecule has 0 saturated heterocycles. The first-order valence-corrected chi connectivity index (χ1v) is 4.62. The van der Waals surface area contributed by atoms with Crippen molar-refractivity contribution < 1.29 is 13.3 Å². The third-order valence-electron chi connectivity index (χ3n) is 1.95. The van der Waals surface area contributed by atoms with Crippen LogP contribution in [0.25, 0.3) is 11.4 Å². The Morgan fingerprint density at radius 2 is 1.88 bits per heavy atom. The van der Waals surface area contributed by atoms with Gasteiger partial charge in [-0.05, 0) is 19.1 Å². The fourth-order valence-corrected chi connectivity index (χ4v) is 1.22. The highest BCUT2D eigenvalue weighted by Gasteiger charge is 2.13. The first-order chi connectivity index (χ1) is 7.56. The van der Waals surface area contributed by atoms with E-state index < -0.39 is 17.7 Å². The van der Waals surface area contributed by atoms with E-state index >= 15 is 0 Å². The van der Waals surface area contributed by atoms with Gasteiger partial charge in [-0.1, -0.05) is 5.16 Å². The van der Waals surface area contributed by atoms with E-state index in [9.17, 15) is 8.78 Å². The third-order valence-corrected chi connectivity index (χ3v) is 1.95. The highest BCUT2D eigenvalue weighted by atomic mass is 19.1. The number of hydrogen-bond donors (Lipinski definition) is 1. The van der Waals surface area contributed by atoms with Crippen LogP contribution in [0.1, 0.15) is 18.9 Å². The number of rotatable bonds is 2. The van der Waals surface area contributed by atoms with E-state index in [1.54, 1.807) is 6.92 Å². The van der Waals surface area contributed by atoms with E-state index in [0.29, 0.717) is 0 Å². The van der Waals surface area contributed by atoms with Crippen LogP contribution in [-0.2, 0) is 0 Å². The molecule has 2 N–H and O–H groups in total. The maximum Gasteiger partial charge on any atom is 0.243 e. The number of hydrogen-bond acceptors (Lipinski definition) is 4. The second-order valence-electron chi connectivity index (χ2n) is 3.40. The van der Waals surface area contributed by atoms with Crippen molar-refractivity contribution in [2.24, 2.45) is 5.73 Å². The Morgan fingerprint density at radius 3 is 2.38 bits per heavy atom. The minimum atomic E-state index is -0.692. The van der Waals surface area contributed by atoms with E-state index in [2.05, 4.69) is 10.1 Å². The second-order valence-corrected chi connectivity index (χ2v) is 3.40. The Balaban J connectivity index is 2.42. The zero-order chi connectivity index (χ0) is 11.7. The topological polar surface area (TPSA) is 64.9 Å². The third kappa shape index (κ3) is 2.06. The monoisotopic (exact) mass is 225 g/mol. The lowest BCUT2D eigenvalue weighted by Crippen LogP contribution is -2.04. The molecular formula is C10H9F2N3O. The second kappa shape index (κ2) is 3.97. The highest BCUT2D eigenvalue weighted by Crippen LogP contribution is 2.19. The summed E-state index contributed by atoms with van der Waals surface area (Å²) in [5.74, 6) is -1.05. The molecule has 0 radical (unpaired) electrons. The molecule has 0 saturated carbocycles. The molecule has 0 aliphatic rings. The summed E-state index contributed by atoms with van der Waals surface area (Å²) in [4.78, 5) is 3.93. The lowest BCUT2D eigenvalue weighted by Gasteiger charge is -1.96. The molecule has 4 nitrogen and oxygen atoms in total. The normalized spacial score (nSPS) is 12.8. The van der Waals surface area contributed by atoms with Crippen molar-refractivity contribution in [2.75, 3.05) is 0 Å². The standard InChI is InChI=1S/C10H9F2N3O/c1-5(13)10-14-9(15-16-10)6-2-7(11)4-8(12)3-6/h2-5H,13H2,1H3/t5-/m0/s1. The summed E-state index contributed by atoms with van der Waals surface area (Å²) in [7, 11) is 0. The lowest BCUT2D eigenvalue weighted by molar-refractivity contribution is 0.362. The minimum Gasteiger partial charge on any atom is -0.337 e.